The van der Waals surface area contributed by atoms with Gasteiger partial charge in [-0.3, -0.25) is 14.6 Å². The summed E-state index contributed by atoms with van der Waals surface area (Å²) >= 11 is 5.92. The van der Waals surface area contributed by atoms with E-state index in [0.29, 0.717) is 52.4 Å². The van der Waals surface area contributed by atoms with E-state index >= 15 is 0 Å². The summed E-state index contributed by atoms with van der Waals surface area (Å²) in [7, 11) is 0. The fraction of sp³-hybridized carbons (Fsp3) is 0.385. The van der Waals surface area contributed by atoms with Crippen LogP contribution in [0.5, 0.6) is 5.75 Å². The van der Waals surface area contributed by atoms with Gasteiger partial charge in [-0.2, -0.15) is 13.9 Å². The summed E-state index contributed by atoms with van der Waals surface area (Å²) in [6.45, 7) is -1.89. The molecule has 0 saturated carbocycles. The lowest BCUT2D eigenvalue weighted by atomic mass is 9.91. The summed E-state index contributed by atoms with van der Waals surface area (Å²) in [5, 5.41) is 7.15. The smallest absolute Gasteiger partial charge is 0.333 e. The second-order valence-electron chi connectivity index (χ2n) is 9.26. The van der Waals surface area contributed by atoms with Crippen LogP contribution in [-0.4, -0.2) is 50.2 Å². The van der Waals surface area contributed by atoms with Crippen molar-refractivity contribution < 1.29 is 23.1 Å². The number of hydrogen-bond acceptors (Lipinski definition) is 5. The minimum absolute atomic E-state index is 0.119. The van der Waals surface area contributed by atoms with E-state index < -0.39 is 12.5 Å². The minimum atomic E-state index is -2.78. The van der Waals surface area contributed by atoms with E-state index in [1.165, 1.54) is 24.7 Å². The molecule has 194 valence electrons. The van der Waals surface area contributed by atoms with Crippen molar-refractivity contribution >= 4 is 23.4 Å². The summed E-state index contributed by atoms with van der Waals surface area (Å²) in [5.41, 5.74) is 1.88. The first-order chi connectivity index (χ1) is 17.9. The number of rotatable bonds is 7. The summed E-state index contributed by atoms with van der Waals surface area (Å²) in [5.74, 6) is 0.140. The van der Waals surface area contributed by atoms with Crippen molar-refractivity contribution in [2.45, 2.75) is 57.3 Å². The van der Waals surface area contributed by atoms with Crippen LogP contribution in [0.4, 0.5) is 8.78 Å². The molecule has 4 heterocycles. The monoisotopic (exact) mass is 529 g/mol. The standard InChI is InChI=1S/C26H26ClF2N5O3/c27-18-6-4-16(5-7-18)12-31-25(36)22-11-23(21(14-30-22)17-13-32-34(15-17)26(28)29)37-20-8-9-33-19(10-20)2-1-3-24(33)35/h4-7,11,13-15,19-20,26H,1-3,8-10,12H2,(H,31,36)/t19-,20+/m1/s1. The Morgan fingerprint density at radius 1 is 1.22 bits per heavy atom. The third kappa shape index (κ3) is 5.74. The topological polar surface area (TPSA) is 89.4 Å². The van der Waals surface area contributed by atoms with E-state index in [4.69, 9.17) is 16.3 Å². The van der Waals surface area contributed by atoms with E-state index in [0.717, 1.165) is 18.4 Å². The highest BCUT2D eigenvalue weighted by Crippen LogP contribution is 2.35. The van der Waals surface area contributed by atoms with Crippen LogP contribution in [0.3, 0.4) is 0 Å². The average Bonchev–Trinajstić information content (AvgIpc) is 3.39. The van der Waals surface area contributed by atoms with Crippen molar-refractivity contribution in [3.05, 3.63) is 65.2 Å². The van der Waals surface area contributed by atoms with Crippen LogP contribution < -0.4 is 10.1 Å². The maximum Gasteiger partial charge on any atom is 0.333 e. The van der Waals surface area contributed by atoms with E-state index in [1.807, 2.05) is 17.0 Å². The molecule has 0 radical (unpaired) electrons. The Balaban J connectivity index is 1.37. The third-order valence-electron chi connectivity index (χ3n) is 6.79. The number of hydrogen-bond donors (Lipinski definition) is 1. The van der Waals surface area contributed by atoms with Gasteiger partial charge in [-0.25, -0.2) is 4.68 Å². The van der Waals surface area contributed by atoms with Gasteiger partial charge in [-0.15, -0.1) is 0 Å². The Kier molecular flexibility index (Phi) is 7.36. The average molecular weight is 530 g/mol. The van der Waals surface area contributed by atoms with Crippen LogP contribution in [0.2, 0.25) is 5.02 Å². The van der Waals surface area contributed by atoms with Crippen molar-refractivity contribution in [2.75, 3.05) is 6.54 Å². The van der Waals surface area contributed by atoms with E-state index in [-0.39, 0.29) is 30.3 Å². The van der Waals surface area contributed by atoms with Gasteiger partial charge in [0.15, 0.2) is 0 Å². The first-order valence-corrected chi connectivity index (χ1v) is 12.6. The van der Waals surface area contributed by atoms with Crippen molar-refractivity contribution in [3.63, 3.8) is 0 Å². The number of benzene rings is 1. The van der Waals surface area contributed by atoms with Crippen LogP contribution in [0.15, 0.2) is 48.9 Å². The molecule has 0 bridgehead atoms. The molecule has 2 aliphatic heterocycles. The van der Waals surface area contributed by atoms with Crippen molar-refractivity contribution in [1.82, 2.24) is 25.0 Å². The summed E-state index contributed by atoms with van der Waals surface area (Å²) < 4.78 is 33.2. The molecule has 2 aromatic heterocycles. The molecule has 0 spiro atoms. The molecule has 37 heavy (non-hydrogen) atoms. The number of amides is 2. The molecule has 1 aromatic carbocycles. The number of nitrogens with one attached hydrogen (secondary N) is 1. The highest BCUT2D eigenvalue weighted by molar-refractivity contribution is 6.30. The lowest BCUT2D eigenvalue weighted by Crippen LogP contribution is -2.50. The lowest BCUT2D eigenvalue weighted by Gasteiger charge is -2.42. The van der Waals surface area contributed by atoms with Gasteiger partial charge in [0.25, 0.3) is 5.91 Å². The Bertz CT molecular complexity index is 1280. The zero-order chi connectivity index (χ0) is 25.9. The molecule has 0 unspecified atom stereocenters. The van der Waals surface area contributed by atoms with Gasteiger partial charge in [0, 0.05) is 73.0 Å². The second kappa shape index (κ2) is 10.8. The van der Waals surface area contributed by atoms with Crippen molar-refractivity contribution in [1.29, 1.82) is 0 Å². The van der Waals surface area contributed by atoms with Gasteiger partial charge in [0.2, 0.25) is 5.91 Å². The molecule has 1 N–H and O–H groups in total. The van der Waals surface area contributed by atoms with Crippen LogP contribution >= 0.6 is 11.6 Å². The van der Waals surface area contributed by atoms with Gasteiger partial charge in [0.1, 0.15) is 17.5 Å². The normalized spacial score (nSPS) is 19.6. The first-order valence-electron chi connectivity index (χ1n) is 12.2. The molecule has 0 aliphatic carbocycles. The number of fused-ring (bicyclic) bond motifs is 1. The molecule has 8 nitrogen and oxygen atoms in total. The van der Waals surface area contributed by atoms with Crippen LogP contribution in [-0.2, 0) is 11.3 Å². The van der Waals surface area contributed by atoms with E-state index in [1.54, 1.807) is 12.1 Å². The zero-order valence-corrected chi connectivity index (χ0v) is 20.7. The number of carbonyl (C=O) groups is 2. The summed E-state index contributed by atoms with van der Waals surface area (Å²) in [6.07, 6.45) is 7.46. The number of halogens is 3. The fourth-order valence-electron chi connectivity index (χ4n) is 4.87. The van der Waals surface area contributed by atoms with Gasteiger partial charge < -0.3 is 15.0 Å². The Labute approximate surface area is 217 Å². The van der Waals surface area contributed by atoms with Gasteiger partial charge in [-0.05, 0) is 30.5 Å². The lowest BCUT2D eigenvalue weighted by molar-refractivity contribution is -0.139. The quantitative estimate of drug-likeness (QED) is 0.473. The highest BCUT2D eigenvalue weighted by atomic mass is 35.5. The van der Waals surface area contributed by atoms with Crippen molar-refractivity contribution in [2.24, 2.45) is 0 Å². The van der Waals surface area contributed by atoms with E-state index in [9.17, 15) is 18.4 Å². The minimum Gasteiger partial charge on any atom is -0.489 e. The van der Waals surface area contributed by atoms with Crippen LogP contribution in [0.1, 0.15) is 54.7 Å². The Hall–Kier alpha value is -3.53. The summed E-state index contributed by atoms with van der Waals surface area (Å²) in [6, 6.07) is 8.77. The Morgan fingerprint density at radius 2 is 2.03 bits per heavy atom. The first kappa shape index (κ1) is 25.1. The predicted octanol–water partition coefficient (Wildman–Crippen LogP) is 4.85. The van der Waals surface area contributed by atoms with Crippen LogP contribution in [0, 0.1) is 0 Å². The third-order valence-corrected chi connectivity index (χ3v) is 7.04. The largest absolute Gasteiger partial charge is 0.489 e. The maximum atomic E-state index is 13.1. The molecule has 2 fully saturated rings. The zero-order valence-electron chi connectivity index (χ0n) is 19.9. The molecular formula is C26H26ClF2N5O3. The molecule has 2 aliphatic rings. The fourth-order valence-corrected chi connectivity index (χ4v) is 5.00. The number of aromatic nitrogens is 3. The number of carbonyl (C=O) groups excluding carboxylic acids is 2. The van der Waals surface area contributed by atoms with Crippen LogP contribution in [0.25, 0.3) is 11.1 Å². The second-order valence-corrected chi connectivity index (χ2v) is 9.70. The molecule has 2 saturated heterocycles. The number of pyridine rings is 1. The number of alkyl halides is 2. The maximum absolute atomic E-state index is 13.1. The highest BCUT2D eigenvalue weighted by Gasteiger charge is 2.35. The number of nitrogens with zero attached hydrogens (tertiary/aromatic N) is 4. The molecular weight excluding hydrogens is 504 g/mol. The number of ether oxygens (including phenoxy) is 1. The molecule has 2 amide bonds. The molecule has 11 heteroatoms. The van der Waals surface area contributed by atoms with E-state index in [2.05, 4.69) is 15.4 Å². The molecule has 3 aromatic rings. The van der Waals surface area contributed by atoms with Gasteiger partial charge in [-0.1, -0.05) is 23.7 Å². The summed E-state index contributed by atoms with van der Waals surface area (Å²) in [4.78, 5) is 31.3. The predicted molar refractivity (Wildman–Crippen MR) is 132 cm³/mol. The van der Waals surface area contributed by atoms with Gasteiger partial charge >= 0.3 is 6.55 Å². The number of piperidine rings is 2. The Morgan fingerprint density at radius 3 is 2.78 bits per heavy atom. The van der Waals surface area contributed by atoms with Crippen molar-refractivity contribution in [3.8, 4) is 16.9 Å². The molecule has 5 rings (SSSR count). The molecule has 2 atom stereocenters. The SMILES string of the molecule is O=C(NCc1ccc(Cl)cc1)c1cc(O[C@H]2CCN3C(=O)CCC[C@@H]3C2)c(-c2cnn(C(F)F)c2)cn1. The van der Waals surface area contributed by atoms with Gasteiger partial charge in [0.05, 0.1) is 6.20 Å².